The summed E-state index contributed by atoms with van der Waals surface area (Å²) in [5.74, 6) is 0.270. The fourth-order valence-electron chi connectivity index (χ4n) is 1.46. The second-order valence-electron chi connectivity index (χ2n) is 3.78. The first kappa shape index (κ1) is 15.6. The number of benzene rings is 1. The fourth-order valence-corrected chi connectivity index (χ4v) is 2.03. The fraction of sp³-hybridized carbons (Fsp3) is 0.357. The zero-order valence-electron chi connectivity index (χ0n) is 11.0. The summed E-state index contributed by atoms with van der Waals surface area (Å²) in [6.07, 6.45) is 3.50. The van der Waals surface area contributed by atoms with E-state index in [-0.39, 0.29) is 0 Å². The number of carboxylic acid groups (broad SMARTS) is 1. The van der Waals surface area contributed by atoms with Crippen LogP contribution >= 0.6 is 15.9 Å². The minimum Gasteiger partial charge on any atom is -0.490 e. The molecule has 1 N–H and O–H groups in total. The average Bonchev–Trinajstić information content (AvgIpc) is 2.36. The standard InChI is InChI=1S/C14H17BrO4/c1-3-7-19-14-11(15)8-10(5-6-13(16)17)9-12(14)18-4-2/h5-6,8-9H,3-4,7H2,1-2H3,(H,16,17)/b6-5+. The topological polar surface area (TPSA) is 55.8 Å². The molecule has 1 rings (SSSR count). The summed E-state index contributed by atoms with van der Waals surface area (Å²) >= 11 is 3.42. The largest absolute Gasteiger partial charge is 0.490 e. The number of carboxylic acids is 1. The number of hydrogen-bond donors (Lipinski definition) is 1. The van der Waals surface area contributed by atoms with Crippen molar-refractivity contribution in [3.63, 3.8) is 0 Å². The highest BCUT2D eigenvalue weighted by molar-refractivity contribution is 9.10. The van der Waals surface area contributed by atoms with Crippen LogP contribution in [-0.4, -0.2) is 24.3 Å². The Bertz CT molecular complexity index is 469. The lowest BCUT2D eigenvalue weighted by molar-refractivity contribution is -0.131. The maximum Gasteiger partial charge on any atom is 0.328 e. The maximum absolute atomic E-state index is 10.5. The van der Waals surface area contributed by atoms with Crippen LogP contribution in [0.5, 0.6) is 11.5 Å². The van der Waals surface area contributed by atoms with E-state index in [0.29, 0.717) is 24.7 Å². The lowest BCUT2D eigenvalue weighted by Gasteiger charge is -2.14. The monoisotopic (exact) mass is 328 g/mol. The molecule has 0 aliphatic heterocycles. The normalized spacial score (nSPS) is 10.7. The minimum atomic E-state index is -0.986. The van der Waals surface area contributed by atoms with Gasteiger partial charge in [-0.15, -0.1) is 0 Å². The van der Waals surface area contributed by atoms with Crippen molar-refractivity contribution >= 4 is 28.0 Å². The number of halogens is 1. The Morgan fingerprint density at radius 2 is 2.11 bits per heavy atom. The molecule has 0 spiro atoms. The molecule has 4 nitrogen and oxygen atoms in total. The van der Waals surface area contributed by atoms with E-state index in [2.05, 4.69) is 15.9 Å². The van der Waals surface area contributed by atoms with E-state index >= 15 is 0 Å². The molecule has 104 valence electrons. The van der Waals surface area contributed by atoms with Crippen LogP contribution in [0.2, 0.25) is 0 Å². The summed E-state index contributed by atoms with van der Waals surface area (Å²) in [5, 5.41) is 8.63. The third-order valence-electron chi connectivity index (χ3n) is 2.20. The Kier molecular flexibility index (Phi) is 6.42. The first-order valence-electron chi connectivity index (χ1n) is 6.08. The Balaban J connectivity index is 3.08. The van der Waals surface area contributed by atoms with Crippen LogP contribution in [-0.2, 0) is 4.79 Å². The van der Waals surface area contributed by atoms with Gasteiger partial charge in [0.25, 0.3) is 0 Å². The zero-order valence-corrected chi connectivity index (χ0v) is 12.6. The second kappa shape index (κ2) is 7.84. The number of carbonyl (C=O) groups is 1. The average molecular weight is 329 g/mol. The highest BCUT2D eigenvalue weighted by Gasteiger charge is 2.11. The van der Waals surface area contributed by atoms with Crippen molar-refractivity contribution in [2.24, 2.45) is 0 Å². The molecule has 0 aliphatic rings. The van der Waals surface area contributed by atoms with Crippen LogP contribution < -0.4 is 9.47 Å². The zero-order chi connectivity index (χ0) is 14.3. The van der Waals surface area contributed by atoms with Gasteiger partial charge in [0.2, 0.25) is 0 Å². The molecule has 0 saturated carbocycles. The first-order valence-corrected chi connectivity index (χ1v) is 6.87. The summed E-state index contributed by atoms with van der Waals surface area (Å²) in [6, 6.07) is 3.56. The van der Waals surface area contributed by atoms with Crippen molar-refractivity contribution in [3.05, 3.63) is 28.2 Å². The van der Waals surface area contributed by atoms with Crippen LogP contribution in [0.3, 0.4) is 0 Å². The van der Waals surface area contributed by atoms with E-state index in [1.165, 1.54) is 6.08 Å². The van der Waals surface area contributed by atoms with E-state index in [0.717, 1.165) is 22.5 Å². The van der Waals surface area contributed by atoms with Gasteiger partial charge in [0.05, 0.1) is 17.7 Å². The molecule has 1 aromatic rings. The van der Waals surface area contributed by atoms with Gasteiger partial charge in [-0.2, -0.15) is 0 Å². The summed E-state index contributed by atoms with van der Waals surface area (Å²) in [7, 11) is 0. The Morgan fingerprint density at radius 3 is 2.68 bits per heavy atom. The molecule has 0 atom stereocenters. The van der Waals surface area contributed by atoms with Gasteiger partial charge in [0, 0.05) is 6.08 Å². The molecule has 0 saturated heterocycles. The van der Waals surface area contributed by atoms with Gasteiger partial charge in [-0.1, -0.05) is 6.92 Å². The molecular weight excluding hydrogens is 312 g/mol. The number of aliphatic carboxylic acids is 1. The number of hydrogen-bond acceptors (Lipinski definition) is 3. The summed E-state index contributed by atoms with van der Waals surface area (Å²) < 4.78 is 11.9. The minimum absolute atomic E-state index is 0.515. The van der Waals surface area contributed by atoms with Crippen molar-refractivity contribution in [2.45, 2.75) is 20.3 Å². The molecule has 5 heteroatoms. The van der Waals surface area contributed by atoms with Crippen LogP contribution in [0, 0.1) is 0 Å². The van der Waals surface area contributed by atoms with E-state index in [4.69, 9.17) is 14.6 Å². The predicted octanol–water partition coefficient (Wildman–Crippen LogP) is 3.73. The molecule has 19 heavy (non-hydrogen) atoms. The molecule has 0 unspecified atom stereocenters. The van der Waals surface area contributed by atoms with Gasteiger partial charge in [-0.05, 0) is 53.0 Å². The van der Waals surface area contributed by atoms with Crippen molar-refractivity contribution < 1.29 is 19.4 Å². The maximum atomic E-state index is 10.5. The van der Waals surface area contributed by atoms with Crippen LogP contribution in [0.25, 0.3) is 6.08 Å². The van der Waals surface area contributed by atoms with E-state index in [1.54, 1.807) is 12.1 Å². The molecular formula is C14H17BrO4. The lowest BCUT2D eigenvalue weighted by atomic mass is 10.2. The Morgan fingerprint density at radius 1 is 1.37 bits per heavy atom. The number of rotatable bonds is 7. The van der Waals surface area contributed by atoms with E-state index in [1.807, 2.05) is 13.8 Å². The first-order chi connectivity index (χ1) is 9.08. The van der Waals surface area contributed by atoms with Gasteiger partial charge in [0.1, 0.15) is 0 Å². The molecule has 0 aliphatic carbocycles. The molecule has 0 heterocycles. The lowest BCUT2D eigenvalue weighted by Crippen LogP contribution is -2.01. The van der Waals surface area contributed by atoms with Crippen molar-refractivity contribution in [1.29, 1.82) is 0 Å². The van der Waals surface area contributed by atoms with Crippen molar-refractivity contribution in [3.8, 4) is 11.5 Å². The Hall–Kier alpha value is -1.49. The van der Waals surface area contributed by atoms with Crippen LogP contribution in [0.1, 0.15) is 25.8 Å². The smallest absolute Gasteiger partial charge is 0.328 e. The van der Waals surface area contributed by atoms with Gasteiger partial charge in [0.15, 0.2) is 11.5 Å². The second-order valence-corrected chi connectivity index (χ2v) is 4.64. The van der Waals surface area contributed by atoms with E-state index in [9.17, 15) is 4.79 Å². The van der Waals surface area contributed by atoms with Crippen LogP contribution in [0.4, 0.5) is 0 Å². The molecule has 0 aromatic heterocycles. The highest BCUT2D eigenvalue weighted by Crippen LogP contribution is 2.37. The third-order valence-corrected chi connectivity index (χ3v) is 2.79. The predicted molar refractivity (Wildman–Crippen MR) is 77.8 cm³/mol. The van der Waals surface area contributed by atoms with Crippen molar-refractivity contribution in [1.82, 2.24) is 0 Å². The van der Waals surface area contributed by atoms with Gasteiger partial charge in [-0.3, -0.25) is 0 Å². The molecule has 1 aromatic carbocycles. The van der Waals surface area contributed by atoms with Gasteiger partial charge < -0.3 is 14.6 Å². The quantitative estimate of drug-likeness (QED) is 0.775. The third kappa shape index (κ3) is 4.95. The van der Waals surface area contributed by atoms with E-state index < -0.39 is 5.97 Å². The summed E-state index contributed by atoms with van der Waals surface area (Å²) in [6.45, 7) is 5.03. The summed E-state index contributed by atoms with van der Waals surface area (Å²) in [5.41, 5.74) is 0.738. The SMILES string of the molecule is CCCOc1c(Br)cc(/C=C/C(=O)O)cc1OCC. The molecule has 0 fully saturated rings. The van der Waals surface area contributed by atoms with Crippen LogP contribution in [0.15, 0.2) is 22.7 Å². The van der Waals surface area contributed by atoms with Crippen molar-refractivity contribution in [2.75, 3.05) is 13.2 Å². The van der Waals surface area contributed by atoms with Gasteiger partial charge >= 0.3 is 5.97 Å². The highest BCUT2D eigenvalue weighted by atomic mass is 79.9. The number of ether oxygens (including phenoxy) is 2. The Labute approximate surface area is 121 Å². The molecule has 0 radical (unpaired) electrons. The molecule has 0 bridgehead atoms. The van der Waals surface area contributed by atoms with Gasteiger partial charge in [-0.25, -0.2) is 4.79 Å². The molecule has 0 amide bonds. The summed E-state index contributed by atoms with van der Waals surface area (Å²) in [4.78, 5) is 10.5.